The molecule has 0 bridgehead atoms. The van der Waals surface area contributed by atoms with Gasteiger partial charge in [-0.1, -0.05) is 53.2 Å². The molecule has 2 aromatic carbocycles. The Labute approximate surface area is 172 Å². The van der Waals surface area contributed by atoms with Crippen LogP contribution in [-0.4, -0.2) is 26.4 Å². The van der Waals surface area contributed by atoms with E-state index in [0.29, 0.717) is 21.6 Å². The first-order chi connectivity index (χ1) is 12.9. The van der Waals surface area contributed by atoms with Crippen LogP contribution in [0.3, 0.4) is 0 Å². The van der Waals surface area contributed by atoms with Gasteiger partial charge in [-0.3, -0.25) is 4.79 Å². The number of hydrogen-bond donors (Lipinski definition) is 1. The van der Waals surface area contributed by atoms with E-state index in [-0.39, 0.29) is 11.7 Å². The zero-order valence-corrected chi connectivity index (χ0v) is 17.2. The van der Waals surface area contributed by atoms with Crippen molar-refractivity contribution in [1.29, 1.82) is 0 Å². The van der Waals surface area contributed by atoms with Crippen LogP contribution >= 0.6 is 35.0 Å². The summed E-state index contributed by atoms with van der Waals surface area (Å²) in [6.45, 7) is 1.87. The Bertz CT molecular complexity index is 957. The largest absolute Gasteiger partial charge is 0.325 e. The van der Waals surface area contributed by atoms with Crippen molar-refractivity contribution in [2.45, 2.75) is 18.5 Å². The van der Waals surface area contributed by atoms with Gasteiger partial charge >= 0.3 is 0 Å². The summed E-state index contributed by atoms with van der Waals surface area (Å²) >= 11 is 13.3. The number of benzene rings is 2. The molecule has 0 unspecified atom stereocenters. The van der Waals surface area contributed by atoms with Crippen LogP contribution in [0.25, 0.3) is 0 Å². The highest BCUT2D eigenvalue weighted by Crippen LogP contribution is 2.24. The number of carbonyl (C=O) groups excluding carboxylic acids is 1. The third-order valence-corrected chi connectivity index (χ3v) is 5.76. The average molecular weight is 421 g/mol. The van der Waals surface area contributed by atoms with Crippen LogP contribution in [0, 0.1) is 6.92 Å². The summed E-state index contributed by atoms with van der Waals surface area (Å²) in [7, 11) is 1.90. The number of amides is 1. The SMILES string of the molecule is Cc1c(Cl)cccc1NC(=O)CSc1nnc(Cc2ccc(Cl)cc2)n1C. The number of rotatable bonds is 6. The van der Waals surface area contributed by atoms with Gasteiger partial charge in [-0.25, -0.2) is 0 Å². The Morgan fingerprint density at radius 2 is 1.89 bits per heavy atom. The fraction of sp³-hybridized carbons (Fsp3) is 0.211. The van der Waals surface area contributed by atoms with Crippen molar-refractivity contribution in [3.63, 3.8) is 0 Å². The summed E-state index contributed by atoms with van der Waals surface area (Å²) in [5.41, 5.74) is 2.66. The third kappa shape index (κ3) is 5.03. The van der Waals surface area contributed by atoms with E-state index >= 15 is 0 Å². The number of nitrogens with zero attached hydrogens (tertiary/aromatic N) is 3. The van der Waals surface area contributed by atoms with Crippen LogP contribution in [0.1, 0.15) is 17.0 Å². The molecule has 1 heterocycles. The van der Waals surface area contributed by atoms with E-state index in [1.807, 2.05) is 54.9 Å². The van der Waals surface area contributed by atoms with Gasteiger partial charge in [-0.05, 0) is 42.3 Å². The molecular weight excluding hydrogens is 403 g/mol. The van der Waals surface area contributed by atoms with Crippen LogP contribution in [0.15, 0.2) is 47.6 Å². The van der Waals surface area contributed by atoms with E-state index in [2.05, 4.69) is 15.5 Å². The van der Waals surface area contributed by atoms with Crippen molar-refractivity contribution in [3.8, 4) is 0 Å². The molecule has 0 saturated heterocycles. The van der Waals surface area contributed by atoms with E-state index in [4.69, 9.17) is 23.2 Å². The lowest BCUT2D eigenvalue weighted by molar-refractivity contribution is -0.113. The standard InChI is InChI=1S/C19H18Cl2N4OS/c1-12-15(21)4-3-5-16(12)22-18(26)11-27-19-24-23-17(25(19)2)10-13-6-8-14(20)9-7-13/h3-9H,10-11H2,1-2H3,(H,22,26). The maximum Gasteiger partial charge on any atom is 0.234 e. The van der Waals surface area contributed by atoms with E-state index in [0.717, 1.165) is 22.6 Å². The van der Waals surface area contributed by atoms with Gasteiger partial charge in [0, 0.05) is 29.2 Å². The van der Waals surface area contributed by atoms with E-state index < -0.39 is 0 Å². The van der Waals surface area contributed by atoms with Crippen molar-refractivity contribution in [2.24, 2.45) is 7.05 Å². The number of anilines is 1. The molecule has 5 nitrogen and oxygen atoms in total. The number of thioether (sulfide) groups is 1. The molecule has 3 aromatic rings. The second-order valence-corrected chi connectivity index (χ2v) is 7.80. The molecule has 8 heteroatoms. The fourth-order valence-corrected chi connectivity index (χ4v) is 3.50. The van der Waals surface area contributed by atoms with Crippen molar-refractivity contribution in [3.05, 3.63) is 69.5 Å². The Balaban J connectivity index is 1.60. The van der Waals surface area contributed by atoms with Crippen LogP contribution < -0.4 is 5.32 Å². The molecule has 1 amide bonds. The molecule has 1 N–H and O–H groups in total. The minimum atomic E-state index is -0.118. The average Bonchev–Trinajstić information content (AvgIpc) is 2.99. The number of nitrogens with one attached hydrogen (secondary N) is 1. The Kier molecular flexibility index (Phi) is 6.42. The molecule has 0 aliphatic carbocycles. The second-order valence-electron chi connectivity index (χ2n) is 6.01. The predicted octanol–water partition coefficient (Wildman–Crippen LogP) is 4.75. The first-order valence-corrected chi connectivity index (χ1v) is 9.98. The van der Waals surface area contributed by atoms with E-state index in [9.17, 15) is 4.79 Å². The van der Waals surface area contributed by atoms with E-state index in [1.165, 1.54) is 11.8 Å². The molecule has 0 spiro atoms. The highest BCUT2D eigenvalue weighted by Gasteiger charge is 2.13. The van der Waals surface area contributed by atoms with Gasteiger partial charge in [0.15, 0.2) is 5.16 Å². The Morgan fingerprint density at radius 1 is 1.15 bits per heavy atom. The highest BCUT2D eigenvalue weighted by molar-refractivity contribution is 7.99. The topological polar surface area (TPSA) is 59.8 Å². The van der Waals surface area contributed by atoms with Crippen molar-refractivity contribution >= 4 is 46.6 Å². The van der Waals surface area contributed by atoms with Gasteiger partial charge in [0.25, 0.3) is 0 Å². The monoisotopic (exact) mass is 420 g/mol. The van der Waals surface area contributed by atoms with Crippen molar-refractivity contribution in [1.82, 2.24) is 14.8 Å². The van der Waals surface area contributed by atoms with Gasteiger partial charge in [0.05, 0.1) is 5.75 Å². The normalized spacial score (nSPS) is 10.8. The predicted molar refractivity (Wildman–Crippen MR) is 111 cm³/mol. The number of aromatic nitrogens is 3. The fourth-order valence-electron chi connectivity index (χ4n) is 2.47. The zero-order chi connectivity index (χ0) is 19.4. The minimum absolute atomic E-state index is 0.118. The van der Waals surface area contributed by atoms with E-state index in [1.54, 1.807) is 6.07 Å². The Morgan fingerprint density at radius 3 is 2.63 bits per heavy atom. The molecule has 0 radical (unpaired) electrons. The summed E-state index contributed by atoms with van der Waals surface area (Å²) in [5, 5.41) is 13.3. The van der Waals surface area contributed by atoms with Gasteiger partial charge in [-0.15, -0.1) is 10.2 Å². The molecule has 0 saturated carbocycles. The molecule has 3 rings (SSSR count). The molecule has 0 atom stereocenters. The second kappa shape index (κ2) is 8.78. The minimum Gasteiger partial charge on any atom is -0.325 e. The quantitative estimate of drug-likeness (QED) is 0.584. The molecule has 140 valence electrons. The van der Waals surface area contributed by atoms with Crippen molar-refractivity contribution < 1.29 is 4.79 Å². The van der Waals surface area contributed by atoms with Gasteiger partial charge in [-0.2, -0.15) is 0 Å². The van der Waals surface area contributed by atoms with Gasteiger partial charge < -0.3 is 9.88 Å². The van der Waals surface area contributed by atoms with Crippen LogP contribution in [0.2, 0.25) is 10.0 Å². The third-order valence-electron chi connectivity index (χ3n) is 4.07. The number of halogens is 2. The molecule has 0 aliphatic rings. The lowest BCUT2D eigenvalue weighted by atomic mass is 10.1. The van der Waals surface area contributed by atoms with Crippen LogP contribution in [-0.2, 0) is 18.3 Å². The molecular formula is C19H18Cl2N4OS. The summed E-state index contributed by atoms with van der Waals surface area (Å²) < 4.78 is 1.90. The lowest BCUT2D eigenvalue weighted by Crippen LogP contribution is -2.15. The summed E-state index contributed by atoms with van der Waals surface area (Å²) in [6, 6.07) is 13.1. The number of carbonyl (C=O) groups is 1. The summed E-state index contributed by atoms with van der Waals surface area (Å²) in [6.07, 6.45) is 0.648. The first-order valence-electron chi connectivity index (χ1n) is 8.24. The maximum absolute atomic E-state index is 12.2. The van der Waals surface area contributed by atoms with Gasteiger partial charge in [0.1, 0.15) is 5.82 Å². The van der Waals surface area contributed by atoms with Gasteiger partial charge in [0.2, 0.25) is 5.91 Å². The smallest absolute Gasteiger partial charge is 0.234 e. The molecule has 0 aliphatic heterocycles. The summed E-state index contributed by atoms with van der Waals surface area (Å²) in [5.74, 6) is 0.942. The molecule has 1 aromatic heterocycles. The highest BCUT2D eigenvalue weighted by atomic mass is 35.5. The summed E-state index contributed by atoms with van der Waals surface area (Å²) in [4.78, 5) is 12.2. The Hall–Kier alpha value is -2.02. The zero-order valence-electron chi connectivity index (χ0n) is 14.9. The molecule has 27 heavy (non-hydrogen) atoms. The first kappa shape index (κ1) is 19.7. The van der Waals surface area contributed by atoms with Crippen LogP contribution in [0.5, 0.6) is 0 Å². The lowest BCUT2D eigenvalue weighted by Gasteiger charge is -2.09. The maximum atomic E-state index is 12.2. The van der Waals surface area contributed by atoms with Crippen molar-refractivity contribution in [2.75, 3.05) is 11.1 Å². The number of hydrogen-bond acceptors (Lipinski definition) is 4. The van der Waals surface area contributed by atoms with Crippen LogP contribution in [0.4, 0.5) is 5.69 Å². The molecule has 0 fully saturated rings.